The Bertz CT molecular complexity index is 1010. The molecular formula is C20H23F3N6O3. The lowest BCUT2D eigenvalue weighted by molar-refractivity contribution is -0.139. The SMILES string of the molecule is Cc1cccc(Nc2nc(N[C@H](C(=O)NCC(F)(F)F)C(C)C)nc3c2C(=O)NCO3)c1. The van der Waals surface area contributed by atoms with Gasteiger partial charge in [-0.05, 0) is 30.5 Å². The third-order valence-electron chi connectivity index (χ3n) is 4.52. The lowest BCUT2D eigenvalue weighted by atomic mass is 10.0. The number of anilines is 3. The van der Waals surface area contributed by atoms with E-state index in [2.05, 4.69) is 25.9 Å². The molecule has 0 unspecified atom stereocenters. The number of fused-ring (bicyclic) bond motifs is 1. The van der Waals surface area contributed by atoms with Crippen LogP contribution in [0.4, 0.5) is 30.6 Å². The summed E-state index contributed by atoms with van der Waals surface area (Å²) in [7, 11) is 0. The zero-order valence-corrected chi connectivity index (χ0v) is 17.6. The molecule has 1 aromatic heterocycles. The molecule has 9 nitrogen and oxygen atoms in total. The fourth-order valence-electron chi connectivity index (χ4n) is 2.99. The van der Waals surface area contributed by atoms with Crippen molar-refractivity contribution in [2.45, 2.75) is 33.0 Å². The third kappa shape index (κ3) is 5.77. The molecule has 1 aromatic carbocycles. The van der Waals surface area contributed by atoms with Crippen LogP contribution in [-0.2, 0) is 4.79 Å². The highest BCUT2D eigenvalue weighted by molar-refractivity contribution is 6.02. The van der Waals surface area contributed by atoms with Gasteiger partial charge in [0.05, 0.1) is 0 Å². The van der Waals surface area contributed by atoms with E-state index in [1.54, 1.807) is 19.9 Å². The molecule has 0 radical (unpaired) electrons. The van der Waals surface area contributed by atoms with E-state index in [4.69, 9.17) is 4.74 Å². The predicted molar refractivity (Wildman–Crippen MR) is 111 cm³/mol. The summed E-state index contributed by atoms with van der Waals surface area (Å²) in [5.74, 6) is -1.66. The summed E-state index contributed by atoms with van der Waals surface area (Å²) < 4.78 is 42.9. The number of alkyl halides is 3. The molecule has 1 aliphatic heterocycles. The minimum absolute atomic E-state index is 0.0143. The molecule has 0 fully saturated rings. The van der Waals surface area contributed by atoms with Gasteiger partial charge in [0.2, 0.25) is 17.7 Å². The van der Waals surface area contributed by atoms with E-state index < -0.39 is 30.6 Å². The van der Waals surface area contributed by atoms with Crippen LogP contribution in [-0.4, -0.2) is 47.3 Å². The van der Waals surface area contributed by atoms with Gasteiger partial charge in [0.15, 0.2) is 12.5 Å². The van der Waals surface area contributed by atoms with Gasteiger partial charge in [0, 0.05) is 5.69 Å². The zero-order chi connectivity index (χ0) is 23.5. The summed E-state index contributed by atoms with van der Waals surface area (Å²) in [6.45, 7) is 3.67. The summed E-state index contributed by atoms with van der Waals surface area (Å²) in [4.78, 5) is 33.2. The van der Waals surface area contributed by atoms with Crippen molar-refractivity contribution < 1.29 is 27.5 Å². The number of aromatic nitrogens is 2. The molecule has 172 valence electrons. The van der Waals surface area contributed by atoms with Gasteiger partial charge in [-0.3, -0.25) is 9.59 Å². The van der Waals surface area contributed by atoms with E-state index in [0.29, 0.717) is 5.69 Å². The predicted octanol–water partition coefficient (Wildman–Crippen LogP) is 2.72. The molecule has 0 aliphatic carbocycles. The lowest BCUT2D eigenvalue weighted by Crippen LogP contribution is -2.46. The van der Waals surface area contributed by atoms with E-state index in [1.807, 2.05) is 30.4 Å². The highest BCUT2D eigenvalue weighted by atomic mass is 19.4. The molecular weight excluding hydrogens is 429 g/mol. The first kappa shape index (κ1) is 23.1. The van der Waals surface area contributed by atoms with Gasteiger partial charge < -0.3 is 26.0 Å². The Morgan fingerprint density at radius 3 is 2.69 bits per heavy atom. The molecule has 4 N–H and O–H groups in total. The van der Waals surface area contributed by atoms with Crippen molar-refractivity contribution in [3.05, 3.63) is 35.4 Å². The Morgan fingerprint density at radius 1 is 1.28 bits per heavy atom. The second-order valence-corrected chi connectivity index (χ2v) is 7.56. The number of ether oxygens (including phenoxy) is 1. The lowest BCUT2D eigenvalue weighted by Gasteiger charge is -2.24. The van der Waals surface area contributed by atoms with Crippen LogP contribution in [0.1, 0.15) is 29.8 Å². The first-order valence-corrected chi connectivity index (χ1v) is 9.81. The Labute approximate surface area is 182 Å². The van der Waals surface area contributed by atoms with Gasteiger partial charge in [0.25, 0.3) is 5.91 Å². The topological polar surface area (TPSA) is 117 Å². The Morgan fingerprint density at radius 2 is 2.03 bits per heavy atom. The zero-order valence-electron chi connectivity index (χ0n) is 17.6. The molecule has 32 heavy (non-hydrogen) atoms. The van der Waals surface area contributed by atoms with Gasteiger partial charge >= 0.3 is 6.18 Å². The number of nitrogens with zero attached hydrogens (tertiary/aromatic N) is 2. The Hall–Kier alpha value is -3.57. The van der Waals surface area contributed by atoms with Crippen molar-refractivity contribution in [1.82, 2.24) is 20.6 Å². The second kappa shape index (κ2) is 9.28. The van der Waals surface area contributed by atoms with Crippen LogP contribution in [0.2, 0.25) is 0 Å². The monoisotopic (exact) mass is 452 g/mol. The van der Waals surface area contributed by atoms with Crippen molar-refractivity contribution >= 4 is 29.3 Å². The van der Waals surface area contributed by atoms with Crippen LogP contribution in [0.5, 0.6) is 5.88 Å². The molecule has 0 bridgehead atoms. The number of hydrogen-bond acceptors (Lipinski definition) is 7. The molecule has 2 heterocycles. The average Bonchev–Trinajstić information content (AvgIpc) is 2.69. The van der Waals surface area contributed by atoms with Gasteiger partial charge in [-0.15, -0.1) is 0 Å². The van der Waals surface area contributed by atoms with Crippen molar-refractivity contribution in [3.63, 3.8) is 0 Å². The minimum Gasteiger partial charge on any atom is -0.456 e. The van der Waals surface area contributed by atoms with Crippen LogP contribution in [0.15, 0.2) is 24.3 Å². The van der Waals surface area contributed by atoms with Crippen molar-refractivity contribution in [2.75, 3.05) is 23.9 Å². The summed E-state index contributed by atoms with van der Waals surface area (Å²) in [5.41, 5.74) is 1.70. The second-order valence-electron chi connectivity index (χ2n) is 7.56. The molecule has 3 rings (SSSR count). The van der Waals surface area contributed by atoms with Gasteiger partial charge in [0.1, 0.15) is 18.2 Å². The van der Waals surface area contributed by atoms with Crippen LogP contribution < -0.4 is 26.0 Å². The Balaban J connectivity index is 1.92. The quantitative estimate of drug-likeness (QED) is 0.510. The number of nitrogens with one attached hydrogen (secondary N) is 4. The molecule has 0 saturated heterocycles. The molecule has 1 atom stereocenters. The summed E-state index contributed by atoms with van der Waals surface area (Å²) in [6.07, 6.45) is -4.54. The fraction of sp³-hybridized carbons (Fsp3) is 0.400. The minimum atomic E-state index is -4.54. The third-order valence-corrected chi connectivity index (χ3v) is 4.52. The van der Waals surface area contributed by atoms with E-state index in [9.17, 15) is 22.8 Å². The molecule has 2 aromatic rings. The smallest absolute Gasteiger partial charge is 0.405 e. The van der Waals surface area contributed by atoms with E-state index in [-0.39, 0.29) is 35.9 Å². The number of carbonyl (C=O) groups is 2. The number of halogens is 3. The Kier molecular flexibility index (Phi) is 6.70. The summed E-state index contributed by atoms with van der Waals surface area (Å²) >= 11 is 0. The molecule has 2 amide bonds. The van der Waals surface area contributed by atoms with E-state index >= 15 is 0 Å². The number of benzene rings is 1. The number of hydrogen-bond donors (Lipinski definition) is 4. The maximum Gasteiger partial charge on any atom is 0.405 e. The highest BCUT2D eigenvalue weighted by Gasteiger charge is 2.32. The highest BCUT2D eigenvalue weighted by Crippen LogP contribution is 2.30. The first-order valence-electron chi connectivity index (χ1n) is 9.81. The fourth-order valence-corrected chi connectivity index (χ4v) is 2.99. The van der Waals surface area contributed by atoms with Crippen molar-refractivity contribution in [2.24, 2.45) is 5.92 Å². The van der Waals surface area contributed by atoms with Crippen LogP contribution in [0.25, 0.3) is 0 Å². The van der Waals surface area contributed by atoms with Gasteiger partial charge in [-0.2, -0.15) is 23.1 Å². The normalized spacial score (nSPS) is 14.2. The maximum atomic E-state index is 12.5. The number of carbonyl (C=O) groups excluding carboxylic acids is 2. The summed E-state index contributed by atoms with van der Waals surface area (Å²) in [6, 6.07) is 6.28. The standard InChI is InChI=1S/C20H23F3N6O3/c1-10(2)14(17(31)24-8-20(21,22)23)27-19-28-15(26-12-6-4-5-11(3)7-12)13-16(30)25-9-32-18(13)29-19/h4-7,10,14H,8-9H2,1-3H3,(H,24,31)(H,25,30)(H2,26,27,28,29)/t14-/m0/s1. The largest absolute Gasteiger partial charge is 0.456 e. The van der Waals surface area contributed by atoms with Crippen LogP contribution in [0, 0.1) is 12.8 Å². The molecule has 0 spiro atoms. The number of rotatable bonds is 7. The van der Waals surface area contributed by atoms with Crippen LogP contribution >= 0.6 is 0 Å². The van der Waals surface area contributed by atoms with Crippen molar-refractivity contribution in [3.8, 4) is 5.88 Å². The van der Waals surface area contributed by atoms with E-state index in [1.165, 1.54) is 0 Å². The van der Waals surface area contributed by atoms with Gasteiger partial charge in [-0.1, -0.05) is 26.0 Å². The summed E-state index contributed by atoms with van der Waals surface area (Å²) in [5, 5.41) is 10.2. The molecule has 1 aliphatic rings. The molecule has 0 saturated carbocycles. The number of aryl methyl sites for hydroxylation is 1. The van der Waals surface area contributed by atoms with Crippen LogP contribution in [0.3, 0.4) is 0 Å². The van der Waals surface area contributed by atoms with E-state index in [0.717, 1.165) is 5.56 Å². The number of amides is 2. The first-order chi connectivity index (χ1) is 15.0. The van der Waals surface area contributed by atoms with Crippen molar-refractivity contribution in [1.29, 1.82) is 0 Å². The maximum absolute atomic E-state index is 12.5. The van der Waals surface area contributed by atoms with Gasteiger partial charge in [-0.25, -0.2) is 0 Å². The molecule has 12 heteroatoms. The average molecular weight is 452 g/mol.